The van der Waals surface area contributed by atoms with E-state index >= 15 is 0 Å². The second-order valence-electron chi connectivity index (χ2n) is 7.99. The number of carbonyl (C=O) groups is 1. The Morgan fingerprint density at radius 2 is 2.08 bits per heavy atom. The number of hydrogen-bond acceptors (Lipinski definition) is 4. The lowest BCUT2D eigenvalue weighted by atomic mass is 9.85. The zero-order valence-electron chi connectivity index (χ0n) is 15.6. The normalized spacial score (nSPS) is 21.8. The lowest BCUT2D eigenvalue weighted by molar-refractivity contribution is -0.119. The average Bonchev–Trinajstić information content (AvgIpc) is 2.82. The summed E-state index contributed by atoms with van der Waals surface area (Å²) in [6.07, 6.45) is 2.82. The van der Waals surface area contributed by atoms with Crippen LogP contribution in [-0.2, 0) is 10.2 Å². The van der Waals surface area contributed by atoms with Crippen molar-refractivity contribution in [3.8, 4) is 0 Å². The molecule has 1 unspecified atom stereocenters. The first-order valence-electron chi connectivity index (χ1n) is 9.47. The van der Waals surface area contributed by atoms with Crippen LogP contribution in [0.5, 0.6) is 0 Å². The monoisotopic (exact) mass is 345 g/mol. The fourth-order valence-corrected chi connectivity index (χ4v) is 3.74. The molecule has 5 heteroatoms. The SMILES string of the molecule is CC(NCCCN1CCC(O)CC1)c1ccc2c(c1)C(C)(C)C(=O)N2. The molecule has 25 heavy (non-hydrogen) atoms. The maximum absolute atomic E-state index is 12.1. The Morgan fingerprint density at radius 1 is 1.36 bits per heavy atom. The number of anilines is 1. The third-order valence-electron chi connectivity index (χ3n) is 5.69. The number of likely N-dealkylation sites (tertiary alicyclic amines) is 1. The quantitative estimate of drug-likeness (QED) is 0.693. The van der Waals surface area contributed by atoms with Crippen molar-refractivity contribution in [3.63, 3.8) is 0 Å². The van der Waals surface area contributed by atoms with Gasteiger partial charge in [0.25, 0.3) is 0 Å². The average molecular weight is 345 g/mol. The number of nitrogens with zero attached hydrogens (tertiary/aromatic N) is 1. The molecular weight excluding hydrogens is 314 g/mol. The van der Waals surface area contributed by atoms with Gasteiger partial charge in [-0.05, 0) is 70.3 Å². The molecule has 0 aromatic heterocycles. The largest absolute Gasteiger partial charge is 0.393 e. The molecule has 1 saturated heterocycles. The zero-order chi connectivity index (χ0) is 18.0. The van der Waals surface area contributed by atoms with Crippen molar-refractivity contribution in [1.82, 2.24) is 10.2 Å². The summed E-state index contributed by atoms with van der Waals surface area (Å²) in [4.78, 5) is 14.5. The number of benzene rings is 1. The van der Waals surface area contributed by atoms with Gasteiger partial charge in [-0.15, -0.1) is 0 Å². The van der Waals surface area contributed by atoms with Crippen LogP contribution in [0.3, 0.4) is 0 Å². The first kappa shape index (κ1) is 18.4. The highest BCUT2D eigenvalue weighted by molar-refractivity contribution is 6.05. The minimum absolute atomic E-state index is 0.0758. The van der Waals surface area contributed by atoms with E-state index in [-0.39, 0.29) is 18.1 Å². The van der Waals surface area contributed by atoms with Crippen LogP contribution in [0.1, 0.15) is 57.2 Å². The topological polar surface area (TPSA) is 64.6 Å². The van der Waals surface area contributed by atoms with E-state index in [1.165, 1.54) is 5.56 Å². The summed E-state index contributed by atoms with van der Waals surface area (Å²) in [5, 5.41) is 16.1. The number of aliphatic hydroxyl groups is 1. The Bertz CT molecular complexity index is 621. The van der Waals surface area contributed by atoms with E-state index in [1.54, 1.807) is 0 Å². The maximum atomic E-state index is 12.1. The van der Waals surface area contributed by atoms with Crippen LogP contribution < -0.4 is 10.6 Å². The van der Waals surface area contributed by atoms with Gasteiger partial charge >= 0.3 is 0 Å². The summed E-state index contributed by atoms with van der Waals surface area (Å²) < 4.78 is 0. The van der Waals surface area contributed by atoms with Gasteiger partial charge in [-0.3, -0.25) is 4.79 Å². The number of nitrogens with one attached hydrogen (secondary N) is 2. The predicted molar refractivity (Wildman–Crippen MR) is 101 cm³/mol. The fourth-order valence-electron chi connectivity index (χ4n) is 3.74. The molecule has 0 bridgehead atoms. The van der Waals surface area contributed by atoms with E-state index in [0.29, 0.717) is 0 Å². The predicted octanol–water partition coefficient (Wildman–Crippen LogP) is 2.41. The van der Waals surface area contributed by atoms with E-state index in [2.05, 4.69) is 34.6 Å². The Labute approximate surface area is 150 Å². The summed E-state index contributed by atoms with van der Waals surface area (Å²) in [5.74, 6) is 0.0758. The molecule has 3 rings (SSSR count). The van der Waals surface area contributed by atoms with Crippen LogP contribution in [-0.4, -0.2) is 48.2 Å². The van der Waals surface area contributed by atoms with Gasteiger partial charge < -0.3 is 20.6 Å². The Morgan fingerprint density at radius 3 is 2.80 bits per heavy atom. The minimum Gasteiger partial charge on any atom is -0.393 e. The summed E-state index contributed by atoms with van der Waals surface area (Å²) in [6, 6.07) is 6.55. The number of aliphatic hydroxyl groups excluding tert-OH is 1. The number of carbonyl (C=O) groups excluding carboxylic acids is 1. The minimum atomic E-state index is -0.454. The number of rotatable bonds is 6. The van der Waals surface area contributed by atoms with Crippen molar-refractivity contribution in [3.05, 3.63) is 29.3 Å². The fraction of sp³-hybridized carbons (Fsp3) is 0.650. The summed E-state index contributed by atoms with van der Waals surface area (Å²) in [5.41, 5.74) is 2.81. The molecule has 0 saturated carbocycles. The van der Waals surface area contributed by atoms with Gasteiger partial charge in [0.05, 0.1) is 11.5 Å². The Balaban J connectivity index is 1.48. The molecule has 1 atom stereocenters. The van der Waals surface area contributed by atoms with Gasteiger partial charge in [0.15, 0.2) is 0 Å². The van der Waals surface area contributed by atoms with Crippen LogP contribution in [0.25, 0.3) is 0 Å². The van der Waals surface area contributed by atoms with Crippen molar-refractivity contribution in [2.75, 3.05) is 31.5 Å². The van der Waals surface area contributed by atoms with Gasteiger partial charge in [-0.25, -0.2) is 0 Å². The molecule has 1 aromatic carbocycles. The van der Waals surface area contributed by atoms with Gasteiger partial charge in [-0.1, -0.05) is 12.1 Å². The highest BCUT2D eigenvalue weighted by Crippen LogP contribution is 2.38. The number of amides is 1. The molecule has 0 spiro atoms. The number of fused-ring (bicyclic) bond motifs is 1. The molecular formula is C20H31N3O2. The molecule has 3 N–H and O–H groups in total. The van der Waals surface area contributed by atoms with Crippen LogP contribution in [0.4, 0.5) is 5.69 Å². The first-order chi connectivity index (χ1) is 11.9. The Hall–Kier alpha value is -1.43. The van der Waals surface area contributed by atoms with E-state index in [1.807, 2.05) is 19.9 Å². The van der Waals surface area contributed by atoms with Crippen molar-refractivity contribution < 1.29 is 9.90 Å². The number of piperidine rings is 1. The molecule has 5 nitrogen and oxygen atoms in total. The van der Waals surface area contributed by atoms with Gasteiger partial charge in [0.1, 0.15) is 0 Å². The molecule has 1 fully saturated rings. The molecule has 1 aromatic rings. The highest BCUT2D eigenvalue weighted by Gasteiger charge is 2.38. The Kier molecular flexibility index (Phi) is 5.46. The molecule has 1 amide bonds. The van der Waals surface area contributed by atoms with Crippen molar-refractivity contribution >= 4 is 11.6 Å². The van der Waals surface area contributed by atoms with Crippen LogP contribution in [0.2, 0.25) is 0 Å². The molecule has 2 aliphatic rings. The second kappa shape index (κ2) is 7.44. The molecule has 2 heterocycles. The molecule has 0 aliphatic carbocycles. The molecule has 138 valence electrons. The van der Waals surface area contributed by atoms with E-state index in [9.17, 15) is 9.90 Å². The third-order valence-corrected chi connectivity index (χ3v) is 5.69. The summed E-state index contributed by atoms with van der Waals surface area (Å²) in [6.45, 7) is 10.2. The van der Waals surface area contributed by atoms with E-state index in [4.69, 9.17) is 0 Å². The van der Waals surface area contributed by atoms with Gasteiger partial charge in [-0.2, -0.15) is 0 Å². The van der Waals surface area contributed by atoms with Crippen molar-refractivity contribution in [2.45, 2.75) is 57.6 Å². The van der Waals surface area contributed by atoms with Crippen molar-refractivity contribution in [1.29, 1.82) is 0 Å². The van der Waals surface area contributed by atoms with Crippen LogP contribution in [0.15, 0.2) is 18.2 Å². The van der Waals surface area contributed by atoms with Crippen LogP contribution in [0, 0.1) is 0 Å². The summed E-state index contributed by atoms with van der Waals surface area (Å²) >= 11 is 0. The van der Waals surface area contributed by atoms with Crippen molar-refractivity contribution in [2.24, 2.45) is 0 Å². The smallest absolute Gasteiger partial charge is 0.234 e. The molecule has 0 radical (unpaired) electrons. The molecule has 2 aliphatic heterocycles. The van der Waals surface area contributed by atoms with Gasteiger partial charge in [0, 0.05) is 24.8 Å². The van der Waals surface area contributed by atoms with E-state index < -0.39 is 5.41 Å². The summed E-state index contributed by atoms with van der Waals surface area (Å²) in [7, 11) is 0. The third kappa shape index (κ3) is 4.05. The zero-order valence-corrected chi connectivity index (χ0v) is 15.6. The number of hydrogen-bond donors (Lipinski definition) is 3. The standard InChI is InChI=1S/C20H31N3O2/c1-14(21-9-4-10-23-11-7-16(24)8-12-23)15-5-6-18-17(13-15)20(2,3)19(25)22-18/h5-6,13-14,16,21,24H,4,7-12H2,1-3H3,(H,22,25). The van der Waals surface area contributed by atoms with Crippen LogP contribution >= 0.6 is 0 Å². The lowest BCUT2D eigenvalue weighted by Gasteiger charge is -2.29. The van der Waals surface area contributed by atoms with Gasteiger partial charge in [0.2, 0.25) is 5.91 Å². The lowest BCUT2D eigenvalue weighted by Crippen LogP contribution is -2.37. The maximum Gasteiger partial charge on any atom is 0.234 e. The second-order valence-corrected chi connectivity index (χ2v) is 7.99. The first-order valence-corrected chi connectivity index (χ1v) is 9.47. The van der Waals surface area contributed by atoms with E-state index in [0.717, 1.165) is 56.7 Å². The highest BCUT2D eigenvalue weighted by atomic mass is 16.3.